The van der Waals surface area contributed by atoms with E-state index >= 15 is 0 Å². The summed E-state index contributed by atoms with van der Waals surface area (Å²) >= 11 is 0. The third-order valence-electron chi connectivity index (χ3n) is 3.89. The molecule has 0 bridgehead atoms. The average molecular weight is 282 g/mol. The summed E-state index contributed by atoms with van der Waals surface area (Å²) in [4.78, 5) is 14.2. The van der Waals surface area contributed by atoms with Gasteiger partial charge in [0.25, 0.3) is 0 Å². The molecule has 0 aromatic heterocycles. The second-order valence-corrected chi connectivity index (χ2v) is 5.44. The Morgan fingerprint density at radius 1 is 1.14 bits per heavy atom. The van der Waals surface area contributed by atoms with E-state index in [2.05, 4.69) is 0 Å². The first kappa shape index (κ1) is 13.5. The Bertz CT molecular complexity index is 665. The maximum atomic E-state index is 12.4. The van der Waals surface area contributed by atoms with Crippen LogP contribution in [-0.2, 0) is 24.2 Å². The summed E-state index contributed by atoms with van der Waals surface area (Å²) in [5.41, 5.74) is 9.57. The van der Waals surface area contributed by atoms with E-state index in [-0.39, 0.29) is 11.7 Å². The quantitative estimate of drug-likeness (QED) is 0.829. The molecular weight excluding hydrogens is 264 g/mol. The van der Waals surface area contributed by atoms with Gasteiger partial charge in [-0.25, -0.2) is 0 Å². The molecule has 3 rings (SSSR count). The molecule has 0 fully saturated rings. The molecule has 0 aliphatic carbocycles. The Kier molecular flexibility index (Phi) is 3.52. The summed E-state index contributed by atoms with van der Waals surface area (Å²) in [6.07, 6.45) is 1.22. The van der Waals surface area contributed by atoms with Gasteiger partial charge in [0.1, 0.15) is 5.75 Å². The highest BCUT2D eigenvalue weighted by Crippen LogP contribution is 2.23. The predicted octanol–water partition coefficient (Wildman–Crippen LogP) is 2.10. The number of nitrogens with zero attached hydrogens (tertiary/aromatic N) is 1. The highest BCUT2D eigenvalue weighted by atomic mass is 16.3. The lowest BCUT2D eigenvalue weighted by molar-refractivity contribution is -0.131. The molecule has 0 atom stereocenters. The van der Waals surface area contributed by atoms with Gasteiger partial charge in [0.15, 0.2) is 0 Å². The largest absolute Gasteiger partial charge is 0.508 e. The number of amides is 1. The lowest BCUT2D eigenvalue weighted by Gasteiger charge is -2.29. The molecule has 2 aromatic carbocycles. The number of benzene rings is 2. The van der Waals surface area contributed by atoms with Crippen LogP contribution in [0.1, 0.15) is 16.7 Å². The van der Waals surface area contributed by atoms with E-state index in [1.165, 1.54) is 5.56 Å². The van der Waals surface area contributed by atoms with Crippen LogP contribution >= 0.6 is 0 Å². The molecule has 3 N–H and O–H groups in total. The number of nitrogen functional groups attached to an aromatic ring is 1. The van der Waals surface area contributed by atoms with Gasteiger partial charge in [-0.05, 0) is 47.4 Å². The van der Waals surface area contributed by atoms with E-state index in [0.717, 1.165) is 24.1 Å². The first-order valence-corrected chi connectivity index (χ1v) is 7.05. The van der Waals surface area contributed by atoms with E-state index in [9.17, 15) is 9.90 Å². The number of anilines is 1. The van der Waals surface area contributed by atoms with Crippen molar-refractivity contribution in [3.8, 4) is 5.75 Å². The van der Waals surface area contributed by atoms with Crippen molar-refractivity contribution in [2.45, 2.75) is 19.4 Å². The monoisotopic (exact) mass is 282 g/mol. The smallest absolute Gasteiger partial charge is 0.227 e. The topological polar surface area (TPSA) is 66.6 Å². The van der Waals surface area contributed by atoms with Crippen LogP contribution in [-0.4, -0.2) is 22.5 Å². The Morgan fingerprint density at radius 3 is 2.67 bits per heavy atom. The van der Waals surface area contributed by atoms with Crippen molar-refractivity contribution >= 4 is 11.6 Å². The van der Waals surface area contributed by atoms with Crippen LogP contribution in [0.4, 0.5) is 5.69 Å². The second kappa shape index (κ2) is 5.48. The van der Waals surface area contributed by atoms with E-state index < -0.39 is 0 Å². The fraction of sp³-hybridized carbons (Fsp3) is 0.235. The van der Waals surface area contributed by atoms with Crippen LogP contribution in [0.25, 0.3) is 0 Å². The molecule has 0 unspecified atom stereocenters. The van der Waals surface area contributed by atoms with Crippen molar-refractivity contribution in [3.05, 3.63) is 59.2 Å². The number of rotatable bonds is 2. The summed E-state index contributed by atoms with van der Waals surface area (Å²) in [6.45, 7) is 1.29. The molecular formula is C17H18N2O2. The molecule has 0 saturated heterocycles. The van der Waals surface area contributed by atoms with Gasteiger partial charge >= 0.3 is 0 Å². The molecule has 1 heterocycles. The molecule has 1 aliphatic rings. The highest BCUT2D eigenvalue weighted by molar-refractivity contribution is 5.79. The van der Waals surface area contributed by atoms with Gasteiger partial charge in [0.2, 0.25) is 5.91 Å². The summed E-state index contributed by atoms with van der Waals surface area (Å²) in [7, 11) is 0. The van der Waals surface area contributed by atoms with Gasteiger partial charge in [0, 0.05) is 18.8 Å². The molecule has 108 valence electrons. The summed E-state index contributed by atoms with van der Waals surface area (Å²) in [6, 6.07) is 12.8. The lowest BCUT2D eigenvalue weighted by Crippen LogP contribution is -2.36. The van der Waals surface area contributed by atoms with Gasteiger partial charge < -0.3 is 15.7 Å². The SMILES string of the molecule is Nc1ccc(CC(=O)N2CCc3ccc(O)cc3C2)cc1. The lowest BCUT2D eigenvalue weighted by atomic mass is 9.99. The first-order chi connectivity index (χ1) is 10.1. The molecule has 0 spiro atoms. The minimum Gasteiger partial charge on any atom is -0.508 e. The molecule has 2 aromatic rings. The zero-order chi connectivity index (χ0) is 14.8. The van der Waals surface area contributed by atoms with Crippen molar-refractivity contribution in [2.75, 3.05) is 12.3 Å². The Hall–Kier alpha value is -2.49. The third-order valence-corrected chi connectivity index (χ3v) is 3.89. The Balaban J connectivity index is 1.70. The standard InChI is InChI=1S/C17H18N2O2/c18-15-4-1-12(2-5-15)9-17(21)19-8-7-13-3-6-16(20)10-14(13)11-19/h1-6,10,20H,7-9,11,18H2. The van der Waals surface area contributed by atoms with Crippen LogP contribution < -0.4 is 5.73 Å². The minimum atomic E-state index is 0.105. The second-order valence-electron chi connectivity index (χ2n) is 5.44. The maximum absolute atomic E-state index is 12.4. The molecule has 0 radical (unpaired) electrons. The van der Waals surface area contributed by atoms with Crippen molar-refractivity contribution in [1.82, 2.24) is 4.90 Å². The molecule has 4 nitrogen and oxygen atoms in total. The van der Waals surface area contributed by atoms with Gasteiger partial charge in [0.05, 0.1) is 6.42 Å². The van der Waals surface area contributed by atoms with Crippen molar-refractivity contribution in [3.63, 3.8) is 0 Å². The predicted molar refractivity (Wildman–Crippen MR) is 81.8 cm³/mol. The third kappa shape index (κ3) is 2.99. The van der Waals surface area contributed by atoms with Gasteiger partial charge in [-0.15, -0.1) is 0 Å². The number of nitrogens with two attached hydrogens (primary N) is 1. The normalized spacial score (nSPS) is 13.8. The number of fused-ring (bicyclic) bond motifs is 1. The molecule has 1 amide bonds. The number of aromatic hydroxyl groups is 1. The van der Waals surface area contributed by atoms with Gasteiger partial charge in [-0.3, -0.25) is 4.79 Å². The highest BCUT2D eigenvalue weighted by Gasteiger charge is 2.20. The van der Waals surface area contributed by atoms with Crippen molar-refractivity contribution < 1.29 is 9.90 Å². The number of carbonyl (C=O) groups is 1. The fourth-order valence-electron chi connectivity index (χ4n) is 2.68. The molecule has 1 aliphatic heterocycles. The number of hydrogen-bond acceptors (Lipinski definition) is 3. The Labute approximate surface area is 123 Å². The average Bonchev–Trinajstić information content (AvgIpc) is 2.48. The summed E-state index contributed by atoms with van der Waals surface area (Å²) in [5, 5.41) is 9.56. The summed E-state index contributed by atoms with van der Waals surface area (Å²) < 4.78 is 0. The maximum Gasteiger partial charge on any atom is 0.227 e. The van der Waals surface area contributed by atoms with Crippen LogP contribution in [0.3, 0.4) is 0 Å². The molecule has 4 heteroatoms. The van der Waals surface area contributed by atoms with Crippen LogP contribution in [0.5, 0.6) is 5.75 Å². The number of hydrogen-bond donors (Lipinski definition) is 2. The van der Waals surface area contributed by atoms with E-state index in [0.29, 0.717) is 18.7 Å². The first-order valence-electron chi connectivity index (χ1n) is 7.05. The Morgan fingerprint density at radius 2 is 1.90 bits per heavy atom. The van der Waals surface area contributed by atoms with Crippen molar-refractivity contribution in [1.29, 1.82) is 0 Å². The zero-order valence-electron chi connectivity index (χ0n) is 11.7. The minimum absolute atomic E-state index is 0.105. The van der Waals surface area contributed by atoms with E-state index in [1.807, 2.05) is 35.2 Å². The number of carbonyl (C=O) groups excluding carboxylic acids is 1. The molecule has 21 heavy (non-hydrogen) atoms. The van der Waals surface area contributed by atoms with E-state index in [4.69, 9.17) is 5.73 Å². The van der Waals surface area contributed by atoms with E-state index in [1.54, 1.807) is 12.1 Å². The van der Waals surface area contributed by atoms with Gasteiger partial charge in [-0.1, -0.05) is 18.2 Å². The zero-order valence-corrected chi connectivity index (χ0v) is 11.7. The molecule has 0 saturated carbocycles. The van der Waals surface area contributed by atoms with Crippen molar-refractivity contribution in [2.24, 2.45) is 0 Å². The van der Waals surface area contributed by atoms with Crippen LogP contribution in [0.2, 0.25) is 0 Å². The number of phenols is 1. The van der Waals surface area contributed by atoms with Gasteiger partial charge in [-0.2, -0.15) is 0 Å². The van der Waals surface area contributed by atoms with Crippen LogP contribution in [0, 0.1) is 0 Å². The number of phenolic OH excluding ortho intramolecular Hbond substituents is 1. The summed E-state index contributed by atoms with van der Waals surface area (Å²) in [5.74, 6) is 0.357. The fourth-order valence-corrected chi connectivity index (χ4v) is 2.68. The van der Waals surface area contributed by atoms with Crippen LogP contribution in [0.15, 0.2) is 42.5 Å².